The highest BCUT2D eigenvalue weighted by molar-refractivity contribution is 5.17. The Kier molecular flexibility index (Phi) is 5.57. The van der Waals surface area contributed by atoms with Crippen LogP contribution in [0.1, 0.15) is 58.2 Å². The van der Waals surface area contributed by atoms with E-state index in [1.165, 1.54) is 6.42 Å². The van der Waals surface area contributed by atoms with E-state index < -0.39 is 0 Å². The lowest BCUT2D eigenvalue weighted by molar-refractivity contribution is 0.0916. The van der Waals surface area contributed by atoms with Crippen molar-refractivity contribution in [3.63, 3.8) is 0 Å². The first-order chi connectivity index (χ1) is 9.95. The van der Waals surface area contributed by atoms with E-state index >= 15 is 0 Å². The van der Waals surface area contributed by atoms with Gasteiger partial charge in [-0.2, -0.15) is 0 Å². The molecule has 1 fully saturated rings. The van der Waals surface area contributed by atoms with Crippen molar-refractivity contribution in [3.05, 3.63) is 17.5 Å². The molecule has 0 aromatic carbocycles. The molecule has 3 unspecified atom stereocenters. The van der Waals surface area contributed by atoms with E-state index in [1.807, 2.05) is 13.1 Å². The molecule has 0 radical (unpaired) electrons. The molecule has 0 amide bonds. The Morgan fingerprint density at radius 2 is 2.05 bits per heavy atom. The monoisotopic (exact) mass is 291 g/mol. The topological polar surface area (TPSA) is 47.0 Å². The van der Waals surface area contributed by atoms with Gasteiger partial charge in [0.2, 0.25) is 0 Å². The van der Waals surface area contributed by atoms with Crippen LogP contribution < -0.4 is 10.1 Å². The van der Waals surface area contributed by atoms with E-state index in [0.29, 0.717) is 12.1 Å². The molecule has 1 aliphatic rings. The minimum atomic E-state index is 0.273. The maximum absolute atomic E-state index is 5.99. The van der Waals surface area contributed by atoms with E-state index in [4.69, 9.17) is 4.74 Å². The summed E-state index contributed by atoms with van der Waals surface area (Å²) in [5.74, 6) is 1.52. The molecule has 21 heavy (non-hydrogen) atoms. The maximum Gasteiger partial charge on any atom is 0.316 e. The Hall–Kier alpha value is -1.16. The lowest BCUT2D eigenvalue weighted by atomic mass is 9.80. The average Bonchev–Trinajstić information content (AvgIpc) is 2.42. The van der Waals surface area contributed by atoms with Crippen LogP contribution in [0.25, 0.3) is 0 Å². The standard InChI is InChI=1S/C17H29N3O/c1-11(2)18-9-15-10-19-17(20-14(15)5)21-16-7-6-12(3)13(4)8-16/h10-13,16,18H,6-9H2,1-5H3. The number of aromatic nitrogens is 2. The van der Waals surface area contributed by atoms with Gasteiger partial charge in [0, 0.05) is 30.0 Å². The predicted molar refractivity (Wildman–Crippen MR) is 85.3 cm³/mol. The molecule has 1 aliphatic carbocycles. The first kappa shape index (κ1) is 16.2. The molecule has 1 aromatic rings. The molecule has 0 saturated heterocycles. The molecule has 3 atom stereocenters. The highest BCUT2D eigenvalue weighted by atomic mass is 16.5. The number of hydrogen-bond donors (Lipinski definition) is 1. The second kappa shape index (κ2) is 7.21. The summed E-state index contributed by atoms with van der Waals surface area (Å²) in [7, 11) is 0. The van der Waals surface area contributed by atoms with Gasteiger partial charge in [0.25, 0.3) is 0 Å². The fourth-order valence-electron chi connectivity index (χ4n) is 2.77. The molecular formula is C17H29N3O. The van der Waals surface area contributed by atoms with E-state index in [-0.39, 0.29) is 6.10 Å². The van der Waals surface area contributed by atoms with Crippen molar-refractivity contribution in [1.29, 1.82) is 0 Å². The smallest absolute Gasteiger partial charge is 0.316 e. The van der Waals surface area contributed by atoms with Gasteiger partial charge in [0.05, 0.1) is 0 Å². The summed E-state index contributed by atoms with van der Waals surface area (Å²) in [4.78, 5) is 8.90. The molecule has 1 N–H and O–H groups in total. The second-order valence-corrected chi connectivity index (χ2v) is 6.81. The maximum atomic E-state index is 5.99. The summed E-state index contributed by atoms with van der Waals surface area (Å²) in [6.45, 7) is 11.8. The van der Waals surface area contributed by atoms with Gasteiger partial charge in [-0.25, -0.2) is 9.97 Å². The largest absolute Gasteiger partial charge is 0.460 e. The zero-order valence-corrected chi connectivity index (χ0v) is 14.0. The van der Waals surface area contributed by atoms with Crippen LogP contribution in [-0.2, 0) is 6.54 Å². The molecule has 0 aliphatic heterocycles. The lowest BCUT2D eigenvalue weighted by Crippen LogP contribution is -2.29. The summed E-state index contributed by atoms with van der Waals surface area (Å²) in [5.41, 5.74) is 2.15. The van der Waals surface area contributed by atoms with Crippen molar-refractivity contribution in [2.45, 2.75) is 72.6 Å². The Morgan fingerprint density at radius 3 is 2.67 bits per heavy atom. The van der Waals surface area contributed by atoms with Crippen LogP contribution in [0.5, 0.6) is 6.01 Å². The van der Waals surface area contributed by atoms with Gasteiger partial charge in [-0.15, -0.1) is 0 Å². The summed E-state index contributed by atoms with van der Waals surface area (Å²) in [5, 5.41) is 3.39. The molecule has 1 aromatic heterocycles. The number of nitrogens with one attached hydrogen (secondary N) is 1. The number of hydrogen-bond acceptors (Lipinski definition) is 4. The molecule has 2 rings (SSSR count). The highest BCUT2D eigenvalue weighted by Gasteiger charge is 2.26. The highest BCUT2D eigenvalue weighted by Crippen LogP contribution is 2.31. The van der Waals surface area contributed by atoms with Crippen molar-refractivity contribution in [2.75, 3.05) is 0 Å². The second-order valence-electron chi connectivity index (χ2n) is 6.81. The van der Waals surface area contributed by atoms with E-state index in [2.05, 4.69) is 43.0 Å². The Balaban J connectivity index is 1.94. The molecule has 0 spiro atoms. The van der Waals surface area contributed by atoms with E-state index in [9.17, 15) is 0 Å². The minimum Gasteiger partial charge on any atom is -0.460 e. The lowest BCUT2D eigenvalue weighted by Gasteiger charge is -2.31. The van der Waals surface area contributed by atoms with Gasteiger partial charge in [0.15, 0.2) is 0 Å². The van der Waals surface area contributed by atoms with Gasteiger partial charge < -0.3 is 10.1 Å². The third-order valence-electron chi connectivity index (χ3n) is 4.58. The van der Waals surface area contributed by atoms with Crippen molar-refractivity contribution in [1.82, 2.24) is 15.3 Å². The zero-order valence-electron chi connectivity index (χ0n) is 14.0. The van der Waals surface area contributed by atoms with Crippen LogP contribution in [0.3, 0.4) is 0 Å². The van der Waals surface area contributed by atoms with Crippen LogP contribution in [0.15, 0.2) is 6.20 Å². The predicted octanol–water partition coefficient (Wildman–Crippen LogP) is 3.49. The summed E-state index contributed by atoms with van der Waals surface area (Å²) < 4.78 is 5.99. The van der Waals surface area contributed by atoms with Crippen LogP contribution in [0.4, 0.5) is 0 Å². The third-order valence-corrected chi connectivity index (χ3v) is 4.58. The molecule has 1 saturated carbocycles. The normalized spacial score (nSPS) is 26.1. The summed E-state index contributed by atoms with van der Waals surface area (Å²) >= 11 is 0. The van der Waals surface area contributed by atoms with Crippen molar-refractivity contribution < 1.29 is 4.74 Å². The molecule has 0 bridgehead atoms. The Bertz CT molecular complexity index is 461. The van der Waals surface area contributed by atoms with Gasteiger partial charge in [0.1, 0.15) is 6.10 Å². The quantitative estimate of drug-likeness (QED) is 0.902. The average molecular weight is 291 g/mol. The van der Waals surface area contributed by atoms with Crippen LogP contribution in [-0.4, -0.2) is 22.1 Å². The zero-order chi connectivity index (χ0) is 15.4. The summed E-state index contributed by atoms with van der Waals surface area (Å²) in [6, 6.07) is 0.999. The van der Waals surface area contributed by atoms with Gasteiger partial charge in [-0.05, 0) is 38.0 Å². The van der Waals surface area contributed by atoms with Crippen molar-refractivity contribution >= 4 is 0 Å². The number of rotatable bonds is 5. The number of nitrogens with zero attached hydrogens (tertiary/aromatic N) is 2. The number of ether oxygens (including phenoxy) is 1. The molecule has 118 valence electrons. The number of aryl methyl sites for hydroxylation is 1. The molecule has 1 heterocycles. The van der Waals surface area contributed by atoms with Crippen molar-refractivity contribution in [3.8, 4) is 6.01 Å². The van der Waals surface area contributed by atoms with Crippen molar-refractivity contribution in [2.24, 2.45) is 11.8 Å². The fraction of sp³-hybridized carbons (Fsp3) is 0.765. The molecular weight excluding hydrogens is 262 g/mol. The van der Waals surface area contributed by atoms with Gasteiger partial charge in [-0.1, -0.05) is 27.7 Å². The fourth-order valence-corrected chi connectivity index (χ4v) is 2.77. The van der Waals surface area contributed by atoms with Crippen LogP contribution in [0.2, 0.25) is 0 Å². The molecule has 4 heteroatoms. The minimum absolute atomic E-state index is 0.273. The van der Waals surface area contributed by atoms with Crippen LogP contribution >= 0.6 is 0 Å². The van der Waals surface area contributed by atoms with E-state index in [1.54, 1.807) is 0 Å². The Morgan fingerprint density at radius 1 is 1.29 bits per heavy atom. The molecule has 4 nitrogen and oxygen atoms in total. The first-order valence-electron chi connectivity index (χ1n) is 8.18. The SMILES string of the molecule is Cc1nc(OC2CCC(C)C(C)C2)ncc1CNC(C)C. The van der Waals surface area contributed by atoms with Gasteiger partial charge in [-0.3, -0.25) is 0 Å². The van der Waals surface area contributed by atoms with E-state index in [0.717, 1.165) is 42.5 Å². The Labute approximate surface area is 128 Å². The first-order valence-corrected chi connectivity index (χ1v) is 8.18. The van der Waals surface area contributed by atoms with Crippen LogP contribution in [0, 0.1) is 18.8 Å². The summed E-state index contributed by atoms with van der Waals surface area (Å²) in [6.07, 6.45) is 5.63. The third kappa shape index (κ3) is 4.67. The van der Waals surface area contributed by atoms with Gasteiger partial charge >= 0.3 is 6.01 Å².